The average Bonchev–Trinajstić information content (AvgIpc) is 1.62. The molecule has 0 spiro atoms. The van der Waals surface area contributed by atoms with Crippen LogP contribution >= 0.6 is 0 Å². The van der Waals surface area contributed by atoms with Crippen LogP contribution in [0.1, 0.15) is 20.3 Å². The van der Waals surface area contributed by atoms with Crippen LogP contribution in [0, 0.1) is 0 Å². The molecule has 3 N–H and O–H groups in total. The van der Waals surface area contributed by atoms with E-state index in [1.54, 1.807) is 6.92 Å². The Labute approximate surface area is 48.6 Å². The molecule has 0 aliphatic rings. The minimum Gasteiger partial charge on any atom is -0.388 e. The molecular weight excluding hydrogens is 108 g/mol. The lowest BCUT2D eigenvalue weighted by atomic mass is 10.1. The highest BCUT2D eigenvalue weighted by atomic mass is 16.5. The Hall–Kier alpha value is -0.120. The largest absolute Gasteiger partial charge is 0.388 e. The molecule has 0 saturated heterocycles. The zero-order valence-corrected chi connectivity index (χ0v) is 5.13. The van der Waals surface area contributed by atoms with Crippen LogP contribution in [0.2, 0.25) is 0 Å². The fourth-order valence-corrected chi connectivity index (χ4v) is 0.387. The van der Waals surface area contributed by atoms with E-state index in [1.165, 1.54) is 0 Å². The molecule has 0 radical (unpaired) electrons. The van der Waals surface area contributed by atoms with E-state index >= 15 is 0 Å². The van der Waals surface area contributed by atoms with Crippen LogP contribution < -0.4 is 0 Å². The van der Waals surface area contributed by atoms with Gasteiger partial charge in [-0.1, -0.05) is 6.92 Å². The molecule has 1 unspecified atom stereocenters. The molecule has 0 amide bonds. The normalized spacial score (nSPS) is 16.1. The average molecular weight is 120 g/mol. The van der Waals surface area contributed by atoms with Gasteiger partial charge in [-0.2, -0.15) is 0 Å². The molecule has 0 aromatic rings. The van der Waals surface area contributed by atoms with Gasteiger partial charge in [0.05, 0.1) is 0 Å². The quantitative estimate of drug-likeness (QED) is 0.429. The van der Waals surface area contributed by atoms with E-state index < -0.39 is 11.9 Å². The van der Waals surface area contributed by atoms with Crippen molar-refractivity contribution in [2.45, 2.75) is 32.2 Å². The van der Waals surface area contributed by atoms with Crippen molar-refractivity contribution >= 4 is 0 Å². The maximum absolute atomic E-state index is 8.69. The number of hydrogen-bond donors (Lipinski definition) is 3. The first kappa shape index (κ1) is 7.88. The molecule has 8 heavy (non-hydrogen) atoms. The van der Waals surface area contributed by atoms with Gasteiger partial charge < -0.3 is 15.3 Å². The van der Waals surface area contributed by atoms with Crippen molar-refractivity contribution < 1.29 is 15.3 Å². The van der Waals surface area contributed by atoms with Crippen molar-refractivity contribution in [1.82, 2.24) is 0 Å². The zero-order chi connectivity index (χ0) is 6.78. The van der Waals surface area contributed by atoms with Crippen molar-refractivity contribution in [3.05, 3.63) is 0 Å². The number of aliphatic hydroxyl groups is 3. The third-order valence-electron chi connectivity index (χ3n) is 1.02. The molecule has 0 aliphatic carbocycles. The van der Waals surface area contributed by atoms with Crippen molar-refractivity contribution in [2.75, 3.05) is 0 Å². The van der Waals surface area contributed by atoms with Gasteiger partial charge in [-0.05, 0) is 13.3 Å². The van der Waals surface area contributed by atoms with Gasteiger partial charge in [0.15, 0.2) is 5.79 Å². The first-order valence-electron chi connectivity index (χ1n) is 2.61. The molecule has 50 valence electrons. The molecule has 0 fully saturated rings. The van der Waals surface area contributed by atoms with Crippen LogP contribution in [-0.2, 0) is 0 Å². The minimum atomic E-state index is -1.94. The molecule has 3 heteroatoms. The highest BCUT2D eigenvalue weighted by Crippen LogP contribution is 2.06. The number of hydrogen-bond acceptors (Lipinski definition) is 3. The van der Waals surface area contributed by atoms with Gasteiger partial charge in [-0.3, -0.25) is 0 Å². The summed E-state index contributed by atoms with van der Waals surface area (Å²) in [6.45, 7) is 2.83. The Bertz CT molecular complexity index is 64.6. The van der Waals surface area contributed by atoms with E-state index in [9.17, 15) is 0 Å². The summed E-state index contributed by atoms with van der Waals surface area (Å²) in [5.74, 6) is -1.94. The standard InChI is InChI=1S/C5H12O3/c1-3-4(6)5(2,7)8/h4,6-8H,3H2,1-2H3. The van der Waals surface area contributed by atoms with Gasteiger partial charge in [0.1, 0.15) is 6.10 Å². The summed E-state index contributed by atoms with van der Waals surface area (Å²) in [5.41, 5.74) is 0. The lowest BCUT2D eigenvalue weighted by Gasteiger charge is -2.20. The Kier molecular flexibility index (Phi) is 2.40. The van der Waals surface area contributed by atoms with Gasteiger partial charge in [-0.15, -0.1) is 0 Å². The van der Waals surface area contributed by atoms with Crippen LogP contribution in [0.25, 0.3) is 0 Å². The Morgan fingerprint density at radius 1 is 1.50 bits per heavy atom. The first-order valence-corrected chi connectivity index (χ1v) is 2.61. The van der Waals surface area contributed by atoms with Gasteiger partial charge in [-0.25, -0.2) is 0 Å². The van der Waals surface area contributed by atoms with Crippen LogP contribution in [0.3, 0.4) is 0 Å². The minimum absolute atomic E-state index is 0.351. The summed E-state index contributed by atoms with van der Waals surface area (Å²) < 4.78 is 0. The smallest absolute Gasteiger partial charge is 0.186 e. The lowest BCUT2D eigenvalue weighted by Crippen LogP contribution is -2.38. The molecular formula is C5H12O3. The fourth-order valence-electron chi connectivity index (χ4n) is 0.387. The second kappa shape index (κ2) is 2.44. The van der Waals surface area contributed by atoms with E-state index in [2.05, 4.69) is 0 Å². The fraction of sp³-hybridized carbons (Fsp3) is 1.00. The topological polar surface area (TPSA) is 60.7 Å². The van der Waals surface area contributed by atoms with Crippen LogP contribution in [0.4, 0.5) is 0 Å². The summed E-state index contributed by atoms with van der Waals surface area (Å²) in [5, 5.41) is 25.9. The van der Waals surface area contributed by atoms with Crippen molar-refractivity contribution in [3.63, 3.8) is 0 Å². The molecule has 3 nitrogen and oxygen atoms in total. The predicted octanol–water partition coefficient (Wildman–Crippen LogP) is -0.542. The molecule has 1 atom stereocenters. The van der Waals surface area contributed by atoms with Crippen molar-refractivity contribution in [3.8, 4) is 0 Å². The Morgan fingerprint density at radius 2 is 1.88 bits per heavy atom. The Balaban J connectivity index is 3.62. The van der Waals surface area contributed by atoms with Gasteiger partial charge in [0.25, 0.3) is 0 Å². The van der Waals surface area contributed by atoms with E-state index in [1.807, 2.05) is 0 Å². The van der Waals surface area contributed by atoms with Crippen LogP contribution in [-0.4, -0.2) is 27.2 Å². The van der Waals surface area contributed by atoms with Crippen LogP contribution in [0.15, 0.2) is 0 Å². The second-order valence-electron chi connectivity index (χ2n) is 2.02. The monoisotopic (exact) mass is 120 g/mol. The molecule has 0 rings (SSSR count). The number of aliphatic hydroxyl groups excluding tert-OH is 1. The molecule has 0 aliphatic heterocycles. The maximum atomic E-state index is 8.69. The third kappa shape index (κ3) is 2.26. The van der Waals surface area contributed by atoms with Crippen molar-refractivity contribution in [1.29, 1.82) is 0 Å². The van der Waals surface area contributed by atoms with E-state index in [4.69, 9.17) is 15.3 Å². The third-order valence-corrected chi connectivity index (χ3v) is 1.02. The van der Waals surface area contributed by atoms with Crippen molar-refractivity contribution in [2.24, 2.45) is 0 Å². The van der Waals surface area contributed by atoms with Crippen LogP contribution in [0.5, 0.6) is 0 Å². The summed E-state index contributed by atoms with van der Waals surface area (Å²) in [7, 11) is 0. The highest BCUT2D eigenvalue weighted by molar-refractivity contribution is 4.66. The predicted molar refractivity (Wildman–Crippen MR) is 29.1 cm³/mol. The maximum Gasteiger partial charge on any atom is 0.186 e. The molecule has 0 aromatic heterocycles. The van der Waals surface area contributed by atoms with Gasteiger partial charge in [0.2, 0.25) is 0 Å². The molecule has 0 aromatic carbocycles. The molecule has 0 bridgehead atoms. The lowest BCUT2D eigenvalue weighted by molar-refractivity contribution is -0.211. The summed E-state index contributed by atoms with van der Waals surface area (Å²) in [6, 6.07) is 0. The Morgan fingerprint density at radius 3 is 1.88 bits per heavy atom. The second-order valence-corrected chi connectivity index (χ2v) is 2.02. The SMILES string of the molecule is CCC(O)C(C)(O)O. The van der Waals surface area contributed by atoms with Gasteiger partial charge in [0, 0.05) is 0 Å². The zero-order valence-electron chi connectivity index (χ0n) is 5.13. The first-order chi connectivity index (χ1) is 3.48. The summed E-state index contributed by atoms with van der Waals surface area (Å²) in [6.07, 6.45) is -0.689. The molecule has 0 saturated carbocycles. The van der Waals surface area contributed by atoms with E-state index in [0.29, 0.717) is 6.42 Å². The van der Waals surface area contributed by atoms with E-state index in [-0.39, 0.29) is 0 Å². The molecule has 0 heterocycles. The van der Waals surface area contributed by atoms with E-state index in [0.717, 1.165) is 6.92 Å². The summed E-state index contributed by atoms with van der Waals surface area (Å²) in [4.78, 5) is 0. The number of rotatable bonds is 2. The highest BCUT2D eigenvalue weighted by Gasteiger charge is 2.24. The van der Waals surface area contributed by atoms with Gasteiger partial charge >= 0.3 is 0 Å². The summed E-state index contributed by atoms with van der Waals surface area (Å²) >= 11 is 0.